The van der Waals surface area contributed by atoms with Crippen molar-refractivity contribution in [2.24, 2.45) is 0 Å². The van der Waals surface area contributed by atoms with Crippen molar-refractivity contribution in [3.63, 3.8) is 0 Å². The molecule has 0 spiro atoms. The van der Waals surface area contributed by atoms with E-state index in [4.69, 9.17) is 0 Å². The molecule has 3 aliphatic rings. The first kappa shape index (κ1) is 19.5. The summed E-state index contributed by atoms with van der Waals surface area (Å²) < 4.78 is 2.30. The van der Waals surface area contributed by atoms with Crippen LogP contribution in [0.25, 0.3) is 0 Å². The van der Waals surface area contributed by atoms with E-state index in [1.165, 1.54) is 54.5 Å². The summed E-state index contributed by atoms with van der Waals surface area (Å²) in [6.07, 6.45) is 4.87. The quantitative estimate of drug-likeness (QED) is 0.645. The van der Waals surface area contributed by atoms with E-state index in [0.29, 0.717) is 17.7 Å². The third kappa shape index (κ3) is 4.98. The summed E-state index contributed by atoms with van der Waals surface area (Å²) in [6.45, 7) is 3.23. The van der Waals surface area contributed by atoms with Gasteiger partial charge in [0, 0.05) is 48.8 Å². The first-order valence-electron chi connectivity index (χ1n) is 10.5. The van der Waals surface area contributed by atoms with Crippen molar-refractivity contribution in [3.05, 3.63) is 35.7 Å². The van der Waals surface area contributed by atoms with Gasteiger partial charge in [-0.05, 0) is 43.4 Å². The number of thioether (sulfide) groups is 2. The van der Waals surface area contributed by atoms with Crippen molar-refractivity contribution in [2.75, 3.05) is 35.7 Å². The summed E-state index contributed by atoms with van der Waals surface area (Å²) >= 11 is 3.53. The summed E-state index contributed by atoms with van der Waals surface area (Å²) in [5.74, 6) is 4.53. The summed E-state index contributed by atoms with van der Waals surface area (Å²) in [6, 6.07) is 8.79. The summed E-state index contributed by atoms with van der Waals surface area (Å²) in [5, 5.41) is 12.8. The molecular weight excluding hydrogens is 402 g/mol. The van der Waals surface area contributed by atoms with Crippen LogP contribution in [0.5, 0.6) is 0 Å². The Labute approximate surface area is 180 Å². The largest absolute Gasteiger partial charge is 0.325 e. The molecule has 1 saturated heterocycles. The van der Waals surface area contributed by atoms with Crippen LogP contribution >= 0.6 is 23.5 Å². The lowest BCUT2D eigenvalue weighted by Gasteiger charge is -2.26. The van der Waals surface area contributed by atoms with Gasteiger partial charge in [-0.2, -0.15) is 11.8 Å². The third-order valence-corrected chi connectivity index (χ3v) is 7.48. The van der Waals surface area contributed by atoms with E-state index in [0.717, 1.165) is 36.3 Å². The highest BCUT2D eigenvalue weighted by Gasteiger charge is 2.36. The maximum Gasteiger partial charge on any atom is 0.234 e. The van der Waals surface area contributed by atoms with Gasteiger partial charge in [-0.1, -0.05) is 23.9 Å². The average molecular weight is 430 g/mol. The van der Waals surface area contributed by atoms with Crippen LogP contribution in [0, 0.1) is 0 Å². The predicted molar refractivity (Wildman–Crippen MR) is 119 cm³/mol. The van der Waals surface area contributed by atoms with Gasteiger partial charge in [-0.25, -0.2) is 0 Å². The molecule has 0 bridgehead atoms. The Morgan fingerprint density at radius 1 is 1.17 bits per heavy atom. The molecule has 2 saturated carbocycles. The molecule has 1 aromatic heterocycles. The molecule has 1 N–H and O–H groups in total. The number of hydrogen-bond donors (Lipinski definition) is 1. The highest BCUT2D eigenvalue weighted by atomic mass is 32.2. The molecule has 1 amide bonds. The van der Waals surface area contributed by atoms with E-state index in [9.17, 15) is 4.79 Å². The molecule has 5 rings (SSSR count). The number of anilines is 1. The fourth-order valence-electron chi connectivity index (χ4n) is 3.77. The van der Waals surface area contributed by atoms with Crippen molar-refractivity contribution in [1.29, 1.82) is 0 Å². The zero-order valence-corrected chi connectivity index (χ0v) is 18.2. The third-order valence-electron chi connectivity index (χ3n) is 5.60. The van der Waals surface area contributed by atoms with Crippen LogP contribution in [0.2, 0.25) is 0 Å². The van der Waals surface area contributed by atoms with E-state index in [1.54, 1.807) is 0 Å². The van der Waals surface area contributed by atoms with Crippen molar-refractivity contribution in [3.8, 4) is 0 Å². The Morgan fingerprint density at radius 3 is 2.76 bits per heavy atom. The molecule has 29 heavy (non-hydrogen) atoms. The number of carbonyl (C=O) groups is 1. The standard InChI is InChI=1S/C21H27N5OS2/c27-19(14-29-21-24-23-20(16-4-5-16)26(21)18-6-7-18)22-17-3-1-2-15(12-17)13-25-8-10-28-11-9-25/h1-3,12,16,18H,4-11,13-14H2,(H,22,27). The van der Waals surface area contributed by atoms with Crippen molar-refractivity contribution >= 4 is 35.1 Å². The molecular formula is C21H27N5OS2. The van der Waals surface area contributed by atoms with Gasteiger partial charge in [0.15, 0.2) is 5.16 Å². The highest BCUT2D eigenvalue weighted by Crippen LogP contribution is 2.45. The molecule has 0 atom stereocenters. The Bertz CT molecular complexity index is 872. The average Bonchev–Trinajstić information content (AvgIpc) is 3.66. The summed E-state index contributed by atoms with van der Waals surface area (Å²) in [5.41, 5.74) is 2.13. The van der Waals surface area contributed by atoms with E-state index < -0.39 is 0 Å². The molecule has 2 aliphatic carbocycles. The number of rotatable bonds is 8. The van der Waals surface area contributed by atoms with E-state index in [2.05, 4.69) is 37.1 Å². The van der Waals surface area contributed by atoms with Crippen LogP contribution in [0.15, 0.2) is 29.4 Å². The van der Waals surface area contributed by atoms with Crippen LogP contribution in [-0.2, 0) is 11.3 Å². The first-order valence-corrected chi connectivity index (χ1v) is 12.7. The fraction of sp³-hybridized carbons (Fsp3) is 0.571. The monoisotopic (exact) mass is 429 g/mol. The van der Waals surface area contributed by atoms with Crippen LogP contribution in [0.1, 0.15) is 49.0 Å². The molecule has 3 fully saturated rings. The number of aromatic nitrogens is 3. The Balaban J connectivity index is 1.17. The smallest absolute Gasteiger partial charge is 0.234 e. The minimum atomic E-state index is 0.0137. The lowest BCUT2D eigenvalue weighted by Crippen LogP contribution is -2.31. The first-order chi connectivity index (χ1) is 14.3. The van der Waals surface area contributed by atoms with E-state index in [1.807, 2.05) is 23.9 Å². The van der Waals surface area contributed by atoms with Gasteiger partial charge in [0.1, 0.15) is 5.82 Å². The maximum absolute atomic E-state index is 12.5. The summed E-state index contributed by atoms with van der Waals surface area (Å²) in [7, 11) is 0. The second-order valence-corrected chi connectivity index (χ2v) is 10.3. The molecule has 154 valence electrons. The molecule has 1 aromatic carbocycles. The second-order valence-electron chi connectivity index (χ2n) is 8.14. The van der Waals surface area contributed by atoms with E-state index >= 15 is 0 Å². The van der Waals surface area contributed by atoms with Gasteiger partial charge in [-0.15, -0.1) is 10.2 Å². The summed E-state index contributed by atoms with van der Waals surface area (Å²) in [4.78, 5) is 15.0. The number of hydrogen-bond acceptors (Lipinski definition) is 6. The molecule has 0 radical (unpaired) electrons. The fourth-order valence-corrected chi connectivity index (χ4v) is 5.57. The molecule has 2 heterocycles. The molecule has 0 unspecified atom stereocenters. The molecule has 2 aromatic rings. The van der Waals surface area contributed by atoms with E-state index in [-0.39, 0.29) is 5.91 Å². The Hall–Kier alpha value is -1.51. The van der Waals surface area contributed by atoms with Crippen LogP contribution in [-0.4, -0.2) is 55.9 Å². The Kier molecular flexibility index (Phi) is 5.83. The van der Waals surface area contributed by atoms with Crippen molar-refractivity contribution in [2.45, 2.75) is 49.3 Å². The van der Waals surface area contributed by atoms with Gasteiger partial charge in [0.25, 0.3) is 0 Å². The van der Waals surface area contributed by atoms with Gasteiger partial charge in [0.2, 0.25) is 5.91 Å². The molecule has 8 heteroatoms. The van der Waals surface area contributed by atoms with Gasteiger partial charge in [-0.3, -0.25) is 9.69 Å². The molecule has 1 aliphatic heterocycles. The number of nitrogens with one attached hydrogen (secondary N) is 1. The second kappa shape index (κ2) is 8.70. The Morgan fingerprint density at radius 2 is 2.00 bits per heavy atom. The molecule has 6 nitrogen and oxygen atoms in total. The lowest BCUT2D eigenvalue weighted by molar-refractivity contribution is -0.113. The number of nitrogens with zero attached hydrogens (tertiary/aromatic N) is 4. The number of amides is 1. The zero-order valence-electron chi connectivity index (χ0n) is 16.5. The predicted octanol–water partition coefficient (Wildman–Crippen LogP) is 3.77. The zero-order chi connectivity index (χ0) is 19.6. The highest BCUT2D eigenvalue weighted by molar-refractivity contribution is 7.99. The van der Waals surface area contributed by atoms with Crippen LogP contribution in [0.4, 0.5) is 5.69 Å². The van der Waals surface area contributed by atoms with Crippen molar-refractivity contribution < 1.29 is 4.79 Å². The minimum Gasteiger partial charge on any atom is -0.325 e. The van der Waals surface area contributed by atoms with Crippen LogP contribution < -0.4 is 5.32 Å². The lowest BCUT2D eigenvalue weighted by atomic mass is 10.2. The SMILES string of the molecule is O=C(CSc1nnc(C2CC2)n1C1CC1)Nc1cccc(CN2CCSCC2)c1. The van der Waals surface area contributed by atoms with Gasteiger partial charge < -0.3 is 9.88 Å². The van der Waals surface area contributed by atoms with Crippen molar-refractivity contribution in [1.82, 2.24) is 19.7 Å². The normalized spacial score (nSPS) is 20.0. The van der Waals surface area contributed by atoms with Crippen LogP contribution in [0.3, 0.4) is 0 Å². The van der Waals surface area contributed by atoms with Gasteiger partial charge >= 0.3 is 0 Å². The van der Waals surface area contributed by atoms with Gasteiger partial charge in [0.05, 0.1) is 5.75 Å². The topological polar surface area (TPSA) is 63.1 Å². The number of benzene rings is 1. The maximum atomic E-state index is 12.5. The minimum absolute atomic E-state index is 0.0137. The number of carbonyl (C=O) groups excluding carboxylic acids is 1.